The molecule has 2 aromatic carbocycles. The van der Waals surface area contributed by atoms with Crippen LogP contribution in [0.25, 0.3) is 22.0 Å². The van der Waals surface area contributed by atoms with Gasteiger partial charge in [-0.15, -0.1) is 12.6 Å². The SMILES string of the molecule is CC.CC(=O)c1cc2c(-c3ccc(C(=O)S)cc3)cccc2[nH]1. The summed E-state index contributed by atoms with van der Waals surface area (Å²) in [6.07, 6.45) is 0. The van der Waals surface area contributed by atoms with Gasteiger partial charge in [-0.05, 0) is 35.4 Å². The average molecular weight is 325 g/mol. The van der Waals surface area contributed by atoms with Crippen LogP contribution in [0.1, 0.15) is 41.6 Å². The van der Waals surface area contributed by atoms with E-state index in [1.54, 1.807) is 12.1 Å². The Morgan fingerprint density at radius 1 is 1.00 bits per heavy atom. The predicted octanol–water partition coefficient (Wildman–Crippen LogP) is 5.13. The number of benzene rings is 2. The van der Waals surface area contributed by atoms with Crippen LogP contribution in [0.2, 0.25) is 0 Å². The summed E-state index contributed by atoms with van der Waals surface area (Å²) in [6.45, 7) is 5.54. The summed E-state index contributed by atoms with van der Waals surface area (Å²) in [7, 11) is 0. The highest BCUT2D eigenvalue weighted by atomic mass is 32.1. The smallest absolute Gasteiger partial charge is 0.216 e. The second-order valence-corrected chi connectivity index (χ2v) is 5.29. The number of fused-ring (bicyclic) bond motifs is 1. The van der Waals surface area contributed by atoms with Crippen molar-refractivity contribution >= 4 is 34.4 Å². The largest absolute Gasteiger partial charge is 0.352 e. The van der Waals surface area contributed by atoms with Gasteiger partial charge in [0, 0.05) is 23.4 Å². The zero-order chi connectivity index (χ0) is 17.0. The highest BCUT2D eigenvalue weighted by Gasteiger charge is 2.10. The van der Waals surface area contributed by atoms with Crippen molar-refractivity contribution in [2.24, 2.45) is 0 Å². The van der Waals surface area contributed by atoms with Gasteiger partial charge in [0.25, 0.3) is 0 Å². The minimum absolute atomic E-state index is 0.00756. The Morgan fingerprint density at radius 2 is 1.65 bits per heavy atom. The molecule has 1 aromatic heterocycles. The molecule has 0 atom stereocenters. The molecule has 118 valence electrons. The highest BCUT2D eigenvalue weighted by Crippen LogP contribution is 2.29. The molecule has 0 aliphatic heterocycles. The summed E-state index contributed by atoms with van der Waals surface area (Å²) in [5.74, 6) is 0.00756. The monoisotopic (exact) mass is 325 g/mol. The molecule has 1 N–H and O–H groups in total. The van der Waals surface area contributed by atoms with Crippen LogP contribution in [0.3, 0.4) is 0 Å². The van der Waals surface area contributed by atoms with Gasteiger partial charge in [0.1, 0.15) is 0 Å². The maximum absolute atomic E-state index is 11.5. The number of aromatic amines is 1. The van der Waals surface area contributed by atoms with Crippen molar-refractivity contribution in [2.45, 2.75) is 20.8 Å². The number of hydrogen-bond donors (Lipinski definition) is 2. The van der Waals surface area contributed by atoms with Crippen LogP contribution in [0, 0.1) is 0 Å². The summed E-state index contributed by atoms with van der Waals surface area (Å²) >= 11 is 3.81. The van der Waals surface area contributed by atoms with Crippen molar-refractivity contribution in [1.82, 2.24) is 4.98 Å². The standard InChI is InChI=1S/C17H13NO2S.C2H6/c1-10(19)16-9-14-13(3-2-4-15(14)18-16)11-5-7-12(8-6-11)17(20)21;1-2/h2-9,18H,1H3,(H,20,21);1-2H3. The number of Topliss-reactive ketones (excluding diaryl/α,β-unsaturated/α-hetero) is 1. The lowest BCUT2D eigenvalue weighted by molar-refractivity contribution is 0.101. The zero-order valence-corrected chi connectivity index (χ0v) is 14.3. The predicted molar refractivity (Wildman–Crippen MR) is 98.4 cm³/mol. The Kier molecular flexibility index (Phi) is 5.40. The minimum Gasteiger partial charge on any atom is -0.352 e. The van der Waals surface area contributed by atoms with E-state index in [9.17, 15) is 9.59 Å². The topological polar surface area (TPSA) is 49.9 Å². The van der Waals surface area contributed by atoms with Crippen molar-refractivity contribution in [2.75, 3.05) is 0 Å². The first-order valence-corrected chi connectivity index (χ1v) is 7.97. The Hall–Kier alpha value is -2.33. The molecule has 3 aromatic rings. The van der Waals surface area contributed by atoms with Crippen LogP contribution in [-0.4, -0.2) is 15.9 Å². The van der Waals surface area contributed by atoms with E-state index in [0.29, 0.717) is 11.3 Å². The zero-order valence-electron chi connectivity index (χ0n) is 13.4. The molecule has 0 saturated carbocycles. The Morgan fingerprint density at radius 3 is 2.22 bits per heavy atom. The van der Waals surface area contributed by atoms with Gasteiger partial charge in [-0.1, -0.05) is 38.1 Å². The van der Waals surface area contributed by atoms with Crippen LogP contribution in [0.5, 0.6) is 0 Å². The number of carbonyl (C=O) groups is 2. The van der Waals surface area contributed by atoms with Gasteiger partial charge >= 0.3 is 0 Å². The van der Waals surface area contributed by atoms with Crippen LogP contribution >= 0.6 is 12.6 Å². The third-order valence-corrected chi connectivity index (χ3v) is 3.74. The van der Waals surface area contributed by atoms with Crippen molar-refractivity contribution in [1.29, 1.82) is 0 Å². The fourth-order valence-electron chi connectivity index (χ4n) is 2.39. The molecule has 0 aliphatic carbocycles. The second-order valence-electron chi connectivity index (χ2n) is 4.89. The van der Waals surface area contributed by atoms with E-state index in [1.807, 2.05) is 50.2 Å². The van der Waals surface area contributed by atoms with E-state index in [0.717, 1.165) is 22.0 Å². The van der Waals surface area contributed by atoms with E-state index in [1.165, 1.54) is 6.92 Å². The molecule has 0 aliphatic rings. The minimum atomic E-state index is -0.250. The molecular weight excluding hydrogens is 306 g/mol. The van der Waals surface area contributed by atoms with Gasteiger partial charge in [-0.3, -0.25) is 9.59 Å². The normalized spacial score (nSPS) is 10.1. The molecule has 0 unspecified atom stereocenters. The molecule has 0 fully saturated rings. The Balaban J connectivity index is 0.000000924. The number of aromatic nitrogens is 1. The first-order chi connectivity index (χ1) is 11.1. The molecule has 3 nitrogen and oxygen atoms in total. The highest BCUT2D eigenvalue weighted by molar-refractivity contribution is 7.97. The molecule has 0 spiro atoms. The van der Waals surface area contributed by atoms with Crippen molar-refractivity contribution in [3.05, 3.63) is 59.8 Å². The fourth-order valence-corrected chi connectivity index (χ4v) is 2.54. The molecule has 4 heteroatoms. The van der Waals surface area contributed by atoms with E-state index >= 15 is 0 Å². The lowest BCUT2D eigenvalue weighted by Gasteiger charge is -2.04. The second kappa shape index (κ2) is 7.29. The number of ketones is 1. The van der Waals surface area contributed by atoms with Crippen molar-refractivity contribution < 1.29 is 9.59 Å². The number of rotatable bonds is 3. The third kappa shape index (κ3) is 3.54. The summed E-state index contributed by atoms with van der Waals surface area (Å²) in [4.78, 5) is 25.8. The molecule has 3 rings (SSSR count). The Bertz CT molecular complexity index is 847. The number of carbonyl (C=O) groups excluding carboxylic acids is 2. The van der Waals surface area contributed by atoms with Crippen molar-refractivity contribution in [3.63, 3.8) is 0 Å². The van der Waals surface area contributed by atoms with E-state index in [-0.39, 0.29) is 10.9 Å². The number of thiol groups is 1. The van der Waals surface area contributed by atoms with E-state index < -0.39 is 0 Å². The number of hydrogen-bond acceptors (Lipinski definition) is 2. The molecule has 23 heavy (non-hydrogen) atoms. The Labute approximate surface area is 141 Å². The summed E-state index contributed by atoms with van der Waals surface area (Å²) in [5.41, 5.74) is 4.10. The summed E-state index contributed by atoms with van der Waals surface area (Å²) in [6, 6.07) is 15.0. The lowest BCUT2D eigenvalue weighted by Crippen LogP contribution is -1.89. The van der Waals surface area contributed by atoms with Gasteiger partial charge < -0.3 is 4.98 Å². The lowest BCUT2D eigenvalue weighted by atomic mass is 10.0. The van der Waals surface area contributed by atoms with Gasteiger partial charge in [0.2, 0.25) is 5.12 Å². The van der Waals surface area contributed by atoms with Crippen LogP contribution in [0.15, 0.2) is 48.5 Å². The molecule has 0 radical (unpaired) electrons. The maximum atomic E-state index is 11.5. The molecule has 0 saturated heterocycles. The molecule has 1 heterocycles. The number of nitrogens with one attached hydrogen (secondary N) is 1. The van der Waals surface area contributed by atoms with Gasteiger partial charge in [0.05, 0.1) is 5.69 Å². The average Bonchev–Trinajstić information content (AvgIpc) is 3.01. The van der Waals surface area contributed by atoms with E-state index in [4.69, 9.17) is 0 Å². The van der Waals surface area contributed by atoms with Gasteiger partial charge in [0.15, 0.2) is 5.78 Å². The van der Waals surface area contributed by atoms with Gasteiger partial charge in [-0.2, -0.15) is 0 Å². The first kappa shape index (κ1) is 17.0. The molecule has 0 amide bonds. The van der Waals surface area contributed by atoms with E-state index in [2.05, 4.69) is 17.6 Å². The first-order valence-electron chi connectivity index (χ1n) is 7.52. The third-order valence-electron chi connectivity index (χ3n) is 3.49. The summed E-state index contributed by atoms with van der Waals surface area (Å²) < 4.78 is 0. The van der Waals surface area contributed by atoms with Crippen LogP contribution in [-0.2, 0) is 0 Å². The fraction of sp³-hybridized carbons (Fsp3) is 0.158. The quantitative estimate of drug-likeness (QED) is 0.518. The van der Waals surface area contributed by atoms with Crippen LogP contribution < -0.4 is 0 Å². The maximum Gasteiger partial charge on any atom is 0.216 e. The molecule has 0 bridgehead atoms. The number of H-pyrrole nitrogens is 1. The van der Waals surface area contributed by atoms with Gasteiger partial charge in [-0.25, -0.2) is 0 Å². The summed E-state index contributed by atoms with van der Waals surface area (Å²) in [5, 5.41) is 0.743. The van der Waals surface area contributed by atoms with Crippen molar-refractivity contribution in [3.8, 4) is 11.1 Å². The molecular formula is C19H19NO2S. The van der Waals surface area contributed by atoms with Crippen LogP contribution in [0.4, 0.5) is 0 Å².